The van der Waals surface area contributed by atoms with Crippen LogP contribution in [0.1, 0.15) is 55.1 Å². The van der Waals surface area contributed by atoms with Gasteiger partial charge in [-0.3, -0.25) is 14.6 Å². The van der Waals surface area contributed by atoms with E-state index in [0.29, 0.717) is 6.04 Å². The number of hydrogen-bond donors (Lipinski definition) is 2. The molecule has 30 heavy (non-hydrogen) atoms. The summed E-state index contributed by atoms with van der Waals surface area (Å²) in [6.45, 7) is 11.3. The summed E-state index contributed by atoms with van der Waals surface area (Å²) in [5.41, 5.74) is 5.06. The van der Waals surface area contributed by atoms with Crippen LogP contribution >= 0.6 is 0 Å². The maximum absolute atomic E-state index is 4.52. The molecule has 6 heteroatoms. The first kappa shape index (κ1) is 22.3. The Morgan fingerprint density at radius 1 is 1.17 bits per heavy atom. The minimum Gasteiger partial charge on any atom is -0.356 e. The molecule has 6 nitrogen and oxygen atoms in total. The monoisotopic (exact) mass is 410 g/mol. The Morgan fingerprint density at radius 3 is 2.67 bits per heavy atom. The summed E-state index contributed by atoms with van der Waals surface area (Å²) in [6.07, 6.45) is 5.00. The zero-order chi connectivity index (χ0) is 21.3. The average Bonchev–Trinajstić information content (AvgIpc) is 3.07. The molecule has 0 radical (unpaired) electrons. The molecule has 1 aliphatic rings. The molecule has 1 aromatic carbocycles. The molecule has 1 fully saturated rings. The minimum atomic E-state index is 0.677. The number of aryl methyl sites for hydroxylation is 3. The van der Waals surface area contributed by atoms with Crippen LogP contribution in [0.15, 0.2) is 35.3 Å². The highest BCUT2D eigenvalue weighted by molar-refractivity contribution is 5.79. The summed E-state index contributed by atoms with van der Waals surface area (Å²) in [4.78, 5) is 7.01. The van der Waals surface area contributed by atoms with E-state index in [1.165, 1.54) is 42.6 Å². The van der Waals surface area contributed by atoms with E-state index in [0.717, 1.165) is 44.3 Å². The van der Waals surface area contributed by atoms with Crippen LogP contribution in [-0.2, 0) is 19.6 Å². The highest BCUT2D eigenvalue weighted by atomic mass is 15.3. The Balaban J connectivity index is 1.47. The predicted molar refractivity (Wildman–Crippen MR) is 125 cm³/mol. The molecule has 1 aromatic heterocycles. The maximum Gasteiger partial charge on any atom is 0.191 e. The largest absolute Gasteiger partial charge is 0.356 e. The lowest BCUT2D eigenvalue weighted by Crippen LogP contribution is -2.39. The fraction of sp³-hybridized carbons (Fsp3) is 0.583. The second kappa shape index (κ2) is 11.2. The first-order valence-corrected chi connectivity index (χ1v) is 11.3. The normalized spacial score (nSPS) is 17.9. The molecule has 2 aromatic rings. The second-order valence-electron chi connectivity index (χ2n) is 8.44. The van der Waals surface area contributed by atoms with Crippen LogP contribution in [0.4, 0.5) is 0 Å². The van der Waals surface area contributed by atoms with Gasteiger partial charge in [-0.2, -0.15) is 5.10 Å². The van der Waals surface area contributed by atoms with Gasteiger partial charge in [0.25, 0.3) is 0 Å². The highest BCUT2D eigenvalue weighted by Gasteiger charge is 2.19. The van der Waals surface area contributed by atoms with Crippen LogP contribution in [-0.4, -0.2) is 46.8 Å². The van der Waals surface area contributed by atoms with E-state index in [-0.39, 0.29) is 0 Å². The Morgan fingerprint density at radius 2 is 1.97 bits per heavy atom. The number of nitrogens with zero attached hydrogens (tertiary/aromatic N) is 4. The third-order valence-electron chi connectivity index (χ3n) is 6.04. The number of benzene rings is 1. The molecule has 0 bridgehead atoms. The van der Waals surface area contributed by atoms with E-state index in [4.69, 9.17) is 0 Å². The standard InChI is InChI=1S/C24H38N6/c1-19-16-21(3)30(28-19)15-9-13-26-24(25-4)27-17-22-11-5-6-12-23(22)18-29-14-8-7-10-20(29)2/h5-6,11-12,16,20H,7-10,13-15,17-18H2,1-4H3,(H2,25,26,27). The van der Waals surface area contributed by atoms with Crippen molar-refractivity contribution in [3.05, 3.63) is 52.8 Å². The Bertz CT molecular complexity index is 825. The van der Waals surface area contributed by atoms with Crippen molar-refractivity contribution in [3.8, 4) is 0 Å². The van der Waals surface area contributed by atoms with Gasteiger partial charge < -0.3 is 10.6 Å². The molecule has 2 heterocycles. The molecule has 0 amide bonds. The van der Waals surface area contributed by atoms with Gasteiger partial charge in [-0.25, -0.2) is 0 Å². The molecule has 0 saturated carbocycles. The van der Waals surface area contributed by atoms with E-state index < -0.39 is 0 Å². The van der Waals surface area contributed by atoms with E-state index >= 15 is 0 Å². The zero-order valence-electron chi connectivity index (χ0n) is 19.1. The molecule has 164 valence electrons. The quantitative estimate of drug-likeness (QED) is 0.396. The van der Waals surface area contributed by atoms with E-state index in [2.05, 4.69) is 74.5 Å². The van der Waals surface area contributed by atoms with Crippen molar-refractivity contribution in [2.45, 2.75) is 72.1 Å². The fourth-order valence-corrected chi connectivity index (χ4v) is 4.23. The molecule has 1 saturated heterocycles. The Hall–Kier alpha value is -2.34. The Labute approximate surface area is 181 Å². The van der Waals surface area contributed by atoms with Gasteiger partial charge in [0.15, 0.2) is 5.96 Å². The molecule has 2 N–H and O–H groups in total. The number of piperidine rings is 1. The summed E-state index contributed by atoms with van der Waals surface area (Å²) in [5, 5.41) is 11.4. The molecule has 1 aliphatic heterocycles. The molecular weight excluding hydrogens is 372 g/mol. The van der Waals surface area contributed by atoms with Gasteiger partial charge in [0.05, 0.1) is 5.69 Å². The van der Waals surface area contributed by atoms with Gasteiger partial charge in [0.2, 0.25) is 0 Å². The summed E-state index contributed by atoms with van der Waals surface area (Å²) in [5.74, 6) is 0.851. The Kier molecular flexibility index (Phi) is 8.31. The minimum absolute atomic E-state index is 0.677. The summed E-state index contributed by atoms with van der Waals surface area (Å²) in [6, 6.07) is 11.6. The van der Waals surface area contributed by atoms with Crippen LogP contribution in [0, 0.1) is 13.8 Å². The van der Waals surface area contributed by atoms with Crippen molar-refractivity contribution < 1.29 is 0 Å². The van der Waals surface area contributed by atoms with Crippen molar-refractivity contribution in [3.63, 3.8) is 0 Å². The van der Waals surface area contributed by atoms with Gasteiger partial charge in [-0.05, 0) is 63.8 Å². The number of guanidine groups is 1. The summed E-state index contributed by atoms with van der Waals surface area (Å²) in [7, 11) is 1.83. The lowest BCUT2D eigenvalue weighted by molar-refractivity contribution is 0.152. The van der Waals surface area contributed by atoms with Crippen LogP contribution < -0.4 is 10.6 Å². The number of hydrogen-bond acceptors (Lipinski definition) is 3. The molecule has 0 spiro atoms. The number of rotatable bonds is 8. The van der Waals surface area contributed by atoms with Crippen LogP contribution in [0.2, 0.25) is 0 Å². The first-order valence-electron chi connectivity index (χ1n) is 11.3. The SMILES string of the molecule is CN=C(NCCCn1nc(C)cc1C)NCc1ccccc1CN1CCCCC1C. The van der Waals surface area contributed by atoms with Gasteiger partial charge in [-0.1, -0.05) is 30.7 Å². The lowest BCUT2D eigenvalue weighted by atomic mass is 10.0. The fourth-order valence-electron chi connectivity index (χ4n) is 4.23. The third kappa shape index (κ3) is 6.33. The third-order valence-corrected chi connectivity index (χ3v) is 6.04. The van der Waals surface area contributed by atoms with Crippen LogP contribution in [0.3, 0.4) is 0 Å². The van der Waals surface area contributed by atoms with Crippen LogP contribution in [0.25, 0.3) is 0 Å². The van der Waals surface area contributed by atoms with Crippen molar-refractivity contribution in [1.29, 1.82) is 0 Å². The number of aliphatic imine (C=N–C) groups is 1. The summed E-state index contributed by atoms with van der Waals surface area (Å²) >= 11 is 0. The van der Waals surface area contributed by atoms with E-state index in [9.17, 15) is 0 Å². The van der Waals surface area contributed by atoms with Crippen LogP contribution in [0.5, 0.6) is 0 Å². The topological polar surface area (TPSA) is 57.5 Å². The maximum atomic E-state index is 4.52. The highest BCUT2D eigenvalue weighted by Crippen LogP contribution is 2.20. The van der Waals surface area contributed by atoms with Crippen molar-refractivity contribution in [2.24, 2.45) is 4.99 Å². The van der Waals surface area contributed by atoms with Gasteiger partial charge in [0, 0.05) is 45.0 Å². The number of nitrogens with one attached hydrogen (secondary N) is 2. The van der Waals surface area contributed by atoms with Gasteiger partial charge >= 0.3 is 0 Å². The molecular formula is C24H38N6. The number of aromatic nitrogens is 2. The van der Waals surface area contributed by atoms with Crippen molar-refractivity contribution in [2.75, 3.05) is 20.1 Å². The predicted octanol–water partition coefficient (Wildman–Crippen LogP) is 3.63. The van der Waals surface area contributed by atoms with Crippen molar-refractivity contribution in [1.82, 2.24) is 25.3 Å². The summed E-state index contributed by atoms with van der Waals surface area (Å²) < 4.78 is 2.07. The lowest BCUT2D eigenvalue weighted by Gasteiger charge is -2.33. The van der Waals surface area contributed by atoms with Gasteiger partial charge in [-0.15, -0.1) is 0 Å². The van der Waals surface area contributed by atoms with Crippen molar-refractivity contribution >= 4 is 5.96 Å². The second-order valence-corrected chi connectivity index (χ2v) is 8.44. The van der Waals surface area contributed by atoms with E-state index in [1.807, 2.05) is 14.0 Å². The zero-order valence-corrected chi connectivity index (χ0v) is 19.1. The number of likely N-dealkylation sites (tertiary alicyclic amines) is 1. The molecule has 1 unspecified atom stereocenters. The van der Waals surface area contributed by atoms with E-state index in [1.54, 1.807) is 0 Å². The molecule has 3 rings (SSSR count). The first-order chi connectivity index (χ1) is 14.6. The average molecular weight is 411 g/mol. The van der Waals surface area contributed by atoms with Gasteiger partial charge in [0.1, 0.15) is 0 Å². The smallest absolute Gasteiger partial charge is 0.191 e. The molecule has 1 atom stereocenters. The molecule has 0 aliphatic carbocycles.